The normalized spacial score (nSPS) is 18.5. The molecule has 4 atom stereocenters. The fourth-order valence-electron chi connectivity index (χ4n) is 3.91. The first-order valence-corrected chi connectivity index (χ1v) is 10.0. The summed E-state index contributed by atoms with van der Waals surface area (Å²) < 4.78 is 0. The van der Waals surface area contributed by atoms with Crippen LogP contribution in [0.3, 0.4) is 0 Å². The number of hydrogen-bond acceptors (Lipinski definition) is 0. The summed E-state index contributed by atoms with van der Waals surface area (Å²) in [5.74, 6) is 5.10. The molecule has 0 nitrogen and oxygen atoms in total. The molecular weight excluding hydrogens is 264 g/mol. The van der Waals surface area contributed by atoms with Crippen molar-refractivity contribution in [1.29, 1.82) is 0 Å². The molecule has 0 heteroatoms. The van der Waals surface area contributed by atoms with Gasteiger partial charge in [0.25, 0.3) is 0 Å². The second kappa shape index (κ2) is 9.99. The molecule has 0 saturated carbocycles. The Kier molecular flexibility index (Phi) is 9.99. The van der Waals surface area contributed by atoms with Gasteiger partial charge in [0.1, 0.15) is 0 Å². The monoisotopic (exact) mass is 310 g/mol. The van der Waals surface area contributed by atoms with E-state index in [1.54, 1.807) is 0 Å². The van der Waals surface area contributed by atoms with E-state index in [9.17, 15) is 0 Å². The van der Waals surface area contributed by atoms with Crippen LogP contribution in [0, 0.1) is 40.9 Å². The van der Waals surface area contributed by atoms with Crippen molar-refractivity contribution >= 4 is 0 Å². The molecule has 0 N–H and O–H groups in total. The van der Waals surface area contributed by atoms with Crippen LogP contribution in [0.5, 0.6) is 0 Å². The Hall–Kier alpha value is 0. The van der Waals surface area contributed by atoms with Crippen molar-refractivity contribution in [3.63, 3.8) is 0 Å². The van der Waals surface area contributed by atoms with Gasteiger partial charge in [0, 0.05) is 0 Å². The molecule has 0 aliphatic rings. The fourth-order valence-corrected chi connectivity index (χ4v) is 3.91. The van der Waals surface area contributed by atoms with Crippen molar-refractivity contribution in [2.45, 2.75) is 101 Å². The standard InChI is InChI=1S/C22H46/c1-11-22(9,10)15-14-20(8)21(17(4)5)19(7)13-12-18(6)16(2)3/h16-21H,11-15H2,1-10H3. The van der Waals surface area contributed by atoms with Crippen LogP contribution < -0.4 is 0 Å². The average Bonchev–Trinajstić information content (AvgIpc) is 2.42. The van der Waals surface area contributed by atoms with Crippen LogP contribution in [0.2, 0.25) is 0 Å². The van der Waals surface area contributed by atoms with Crippen molar-refractivity contribution in [2.24, 2.45) is 40.9 Å². The first-order chi connectivity index (χ1) is 10.0. The Labute approximate surface area is 142 Å². The molecule has 0 saturated heterocycles. The lowest BCUT2D eigenvalue weighted by Crippen LogP contribution is -2.27. The molecule has 134 valence electrons. The van der Waals surface area contributed by atoms with E-state index in [2.05, 4.69) is 69.2 Å². The Morgan fingerprint density at radius 3 is 1.50 bits per heavy atom. The molecule has 0 aliphatic heterocycles. The summed E-state index contributed by atoms with van der Waals surface area (Å²) in [7, 11) is 0. The third-order valence-electron chi connectivity index (χ3n) is 6.53. The van der Waals surface area contributed by atoms with Gasteiger partial charge in [-0.2, -0.15) is 0 Å². The van der Waals surface area contributed by atoms with Crippen LogP contribution in [0.1, 0.15) is 101 Å². The van der Waals surface area contributed by atoms with Crippen LogP contribution >= 0.6 is 0 Å². The lowest BCUT2D eigenvalue weighted by atomic mass is 9.70. The molecule has 0 spiro atoms. The van der Waals surface area contributed by atoms with Gasteiger partial charge >= 0.3 is 0 Å². The Morgan fingerprint density at radius 2 is 1.09 bits per heavy atom. The zero-order valence-corrected chi connectivity index (χ0v) is 17.5. The predicted molar refractivity (Wildman–Crippen MR) is 103 cm³/mol. The van der Waals surface area contributed by atoms with Gasteiger partial charge in [-0.1, -0.05) is 88.5 Å². The van der Waals surface area contributed by atoms with Gasteiger partial charge in [-0.25, -0.2) is 0 Å². The summed E-state index contributed by atoms with van der Waals surface area (Å²) >= 11 is 0. The van der Waals surface area contributed by atoms with E-state index < -0.39 is 0 Å². The summed E-state index contributed by atoms with van der Waals surface area (Å²) in [5.41, 5.74) is 0.519. The lowest BCUT2D eigenvalue weighted by molar-refractivity contribution is 0.145. The van der Waals surface area contributed by atoms with Crippen LogP contribution in [0.4, 0.5) is 0 Å². The molecule has 4 unspecified atom stereocenters. The maximum absolute atomic E-state index is 2.51. The molecule has 0 aromatic heterocycles. The Bertz CT molecular complexity index is 274. The molecule has 0 amide bonds. The minimum atomic E-state index is 0.519. The predicted octanol–water partition coefficient (Wildman–Crippen LogP) is 7.82. The van der Waals surface area contributed by atoms with Gasteiger partial charge in [0.15, 0.2) is 0 Å². The average molecular weight is 311 g/mol. The molecule has 22 heavy (non-hydrogen) atoms. The SMILES string of the molecule is CCC(C)(C)CCC(C)C(C(C)C)C(C)CCC(C)C(C)C. The topological polar surface area (TPSA) is 0 Å². The van der Waals surface area contributed by atoms with Gasteiger partial charge in [0.2, 0.25) is 0 Å². The van der Waals surface area contributed by atoms with E-state index >= 15 is 0 Å². The maximum atomic E-state index is 2.51. The second-order valence-corrected chi connectivity index (χ2v) is 9.63. The van der Waals surface area contributed by atoms with Crippen LogP contribution in [0.15, 0.2) is 0 Å². The Morgan fingerprint density at radius 1 is 0.636 bits per heavy atom. The fraction of sp³-hybridized carbons (Fsp3) is 1.00. The number of rotatable bonds is 11. The van der Waals surface area contributed by atoms with Gasteiger partial charge in [-0.15, -0.1) is 0 Å². The first-order valence-electron chi connectivity index (χ1n) is 10.0. The van der Waals surface area contributed by atoms with Gasteiger partial charge in [-0.3, -0.25) is 0 Å². The second-order valence-electron chi connectivity index (χ2n) is 9.63. The van der Waals surface area contributed by atoms with Crippen LogP contribution in [0.25, 0.3) is 0 Å². The zero-order chi connectivity index (χ0) is 17.5. The van der Waals surface area contributed by atoms with Crippen molar-refractivity contribution in [3.8, 4) is 0 Å². The Balaban J connectivity index is 4.56. The largest absolute Gasteiger partial charge is 0.0649 e. The van der Waals surface area contributed by atoms with E-state index in [0.29, 0.717) is 5.41 Å². The van der Waals surface area contributed by atoms with Crippen molar-refractivity contribution < 1.29 is 0 Å². The first kappa shape index (κ1) is 22.0. The molecule has 0 radical (unpaired) electrons. The molecule has 0 bridgehead atoms. The summed E-state index contributed by atoms with van der Waals surface area (Å²) in [5, 5.41) is 0. The highest BCUT2D eigenvalue weighted by Crippen LogP contribution is 2.37. The quantitative estimate of drug-likeness (QED) is 0.365. The lowest BCUT2D eigenvalue weighted by Gasteiger charge is -2.35. The summed E-state index contributed by atoms with van der Waals surface area (Å²) in [6.45, 7) is 24.3. The van der Waals surface area contributed by atoms with E-state index in [1.165, 1.54) is 32.1 Å². The smallest absolute Gasteiger partial charge is 0.0340 e. The van der Waals surface area contributed by atoms with Crippen molar-refractivity contribution in [1.82, 2.24) is 0 Å². The molecule has 0 aromatic carbocycles. The minimum Gasteiger partial charge on any atom is -0.0649 e. The third kappa shape index (κ3) is 8.02. The molecule has 0 fully saturated rings. The summed E-state index contributed by atoms with van der Waals surface area (Å²) in [6.07, 6.45) is 6.88. The zero-order valence-electron chi connectivity index (χ0n) is 17.5. The van der Waals surface area contributed by atoms with Gasteiger partial charge in [-0.05, 0) is 53.8 Å². The molecular formula is C22H46. The van der Waals surface area contributed by atoms with Gasteiger partial charge in [0.05, 0.1) is 0 Å². The highest BCUT2D eigenvalue weighted by Gasteiger charge is 2.28. The minimum absolute atomic E-state index is 0.519. The molecule has 0 heterocycles. The van der Waals surface area contributed by atoms with Crippen LogP contribution in [-0.2, 0) is 0 Å². The van der Waals surface area contributed by atoms with Crippen molar-refractivity contribution in [2.75, 3.05) is 0 Å². The van der Waals surface area contributed by atoms with E-state index in [0.717, 1.165) is 35.5 Å². The summed E-state index contributed by atoms with van der Waals surface area (Å²) in [4.78, 5) is 0. The third-order valence-corrected chi connectivity index (χ3v) is 6.53. The molecule has 0 aliphatic carbocycles. The van der Waals surface area contributed by atoms with E-state index in [1.807, 2.05) is 0 Å². The van der Waals surface area contributed by atoms with E-state index in [-0.39, 0.29) is 0 Å². The molecule has 0 rings (SSSR count). The number of hydrogen-bond donors (Lipinski definition) is 0. The van der Waals surface area contributed by atoms with Crippen LogP contribution in [-0.4, -0.2) is 0 Å². The van der Waals surface area contributed by atoms with Crippen molar-refractivity contribution in [3.05, 3.63) is 0 Å². The summed E-state index contributed by atoms with van der Waals surface area (Å²) in [6, 6.07) is 0. The maximum Gasteiger partial charge on any atom is -0.0340 e. The van der Waals surface area contributed by atoms with E-state index in [4.69, 9.17) is 0 Å². The van der Waals surface area contributed by atoms with Gasteiger partial charge < -0.3 is 0 Å². The highest BCUT2D eigenvalue weighted by atomic mass is 14.3. The molecule has 0 aromatic rings. The highest BCUT2D eigenvalue weighted by molar-refractivity contribution is 4.78.